The first-order valence-corrected chi connectivity index (χ1v) is 10.9. The van der Waals surface area contributed by atoms with Gasteiger partial charge in [0.2, 0.25) is 0 Å². The fourth-order valence-electron chi connectivity index (χ4n) is 3.99. The fraction of sp³-hybridized carbons (Fsp3) is 0.292. The lowest BCUT2D eigenvalue weighted by molar-refractivity contribution is 0.114. The van der Waals surface area contributed by atoms with Gasteiger partial charge < -0.3 is 15.2 Å². The van der Waals surface area contributed by atoms with Crippen molar-refractivity contribution in [3.05, 3.63) is 78.0 Å². The average molecular weight is 423 g/mol. The Morgan fingerprint density at radius 3 is 2.43 bits per heavy atom. The molecule has 1 aliphatic heterocycles. The molecule has 0 bridgehead atoms. The molecule has 2 aromatic carbocycles. The second kappa shape index (κ2) is 7.93. The van der Waals surface area contributed by atoms with Crippen LogP contribution >= 0.6 is 11.8 Å². The van der Waals surface area contributed by atoms with E-state index in [2.05, 4.69) is 61.1 Å². The van der Waals surface area contributed by atoms with Crippen LogP contribution in [0.3, 0.4) is 0 Å². The maximum Gasteiger partial charge on any atom is 0.135 e. The zero-order chi connectivity index (χ0) is 21.5. The van der Waals surface area contributed by atoms with Gasteiger partial charge in [-0.1, -0.05) is 36.0 Å². The van der Waals surface area contributed by atoms with Crippen LogP contribution in [0.4, 0.5) is 4.39 Å². The number of benzene rings is 2. The normalized spacial score (nSPS) is 15.2. The van der Waals surface area contributed by atoms with E-state index < -0.39 is 0 Å². The highest BCUT2D eigenvalue weighted by molar-refractivity contribution is 7.99. The second-order valence-electron chi connectivity index (χ2n) is 8.14. The summed E-state index contributed by atoms with van der Waals surface area (Å²) in [7, 11) is 0. The summed E-state index contributed by atoms with van der Waals surface area (Å²) in [6, 6.07) is 15.1. The van der Waals surface area contributed by atoms with Gasteiger partial charge in [0.25, 0.3) is 0 Å². The summed E-state index contributed by atoms with van der Waals surface area (Å²) >= 11 is 1.70. The van der Waals surface area contributed by atoms with Gasteiger partial charge in [-0.3, -0.25) is 0 Å². The number of fused-ring (bicyclic) bond motifs is 1. The summed E-state index contributed by atoms with van der Waals surface area (Å²) in [5.41, 5.74) is 9.46. The van der Waals surface area contributed by atoms with E-state index in [1.54, 1.807) is 23.9 Å². The van der Waals surface area contributed by atoms with Crippen molar-refractivity contribution in [1.82, 2.24) is 14.5 Å². The first kappa shape index (κ1) is 20.7. The van der Waals surface area contributed by atoms with Crippen molar-refractivity contribution in [2.75, 3.05) is 13.1 Å². The van der Waals surface area contributed by atoms with E-state index in [9.17, 15) is 4.39 Å². The highest BCUT2D eigenvalue weighted by Gasteiger charge is 2.39. The molecular weight excluding hydrogens is 395 g/mol. The van der Waals surface area contributed by atoms with E-state index in [4.69, 9.17) is 10.7 Å². The van der Waals surface area contributed by atoms with Crippen LogP contribution in [0.1, 0.15) is 25.2 Å². The van der Waals surface area contributed by atoms with Gasteiger partial charge in [0.1, 0.15) is 22.4 Å². The third kappa shape index (κ3) is 3.66. The molecule has 6 heteroatoms. The van der Waals surface area contributed by atoms with Gasteiger partial charge in [-0.05, 0) is 57.2 Å². The minimum atomic E-state index is -0.352. The summed E-state index contributed by atoms with van der Waals surface area (Å²) in [5.74, 6) is 0.721. The van der Waals surface area contributed by atoms with E-state index in [1.165, 1.54) is 17.7 Å². The molecule has 0 saturated carbocycles. The predicted molar refractivity (Wildman–Crippen MR) is 121 cm³/mol. The number of aromatic nitrogens is 2. The maximum atomic E-state index is 13.6. The minimum absolute atomic E-state index is 0.249. The Hall–Kier alpha value is -2.57. The van der Waals surface area contributed by atoms with Gasteiger partial charge >= 0.3 is 0 Å². The van der Waals surface area contributed by atoms with Gasteiger partial charge in [0.05, 0.1) is 5.54 Å². The number of imidazole rings is 1. The molecule has 4 nitrogen and oxygen atoms in total. The van der Waals surface area contributed by atoms with E-state index in [1.807, 2.05) is 0 Å². The van der Waals surface area contributed by atoms with Gasteiger partial charge in [0.15, 0.2) is 0 Å². The molecule has 0 atom stereocenters. The van der Waals surface area contributed by atoms with Gasteiger partial charge in [-0.2, -0.15) is 0 Å². The van der Waals surface area contributed by atoms with Gasteiger partial charge in [-0.25, -0.2) is 9.37 Å². The second-order valence-corrected chi connectivity index (χ2v) is 9.21. The molecule has 156 valence electrons. The molecule has 4 rings (SSSR count). The quantitative estimate of drug-likeness (QED) is 0.616. The maximum absolute atomic E-state index is 13.6. The van der Waals surface area contributed by atoms with Crippen molar-refractivity contribution in [2.45, 2.75) is 42.8 Å². The molecule has 0 radical (unpaired) electrons. The van der Waals surface area contributed by atoms with Crippen molar-refractivity contribution in [3.63, 3.8) is 0 Å². The Bertz CT molecular complexity index is 1070. The Balaban J connectivity index is 1.85. The lowest BCUT2D eigenvalue weighted by atomic mass is 9.98. The molecule has 2 heterocycles. The van der Waals surface area contributed by atoms with Crippen LogP contribution in [0.15, 0.2) is 70.7 Å². The molecule has 30 heavy (non-hydrogen) atoms. The molecule has 2 N–H and O–H groups in total. The molecule has 0 saturated heterocycles. The first-order chi connectivity index (χ1) is 14.3. The highest BCUT2D eigenvalue weighted by atomic mass is 32.2. The van der Waals surface area contributed by atoms with E-state index in [0.29, 0.717) is 6.54 Å². The number of nitrogens with two attached hydrogens (primary N) is 1. The highest BCUT2D eigenvalue weighted by Crippen LogP contribution is 2.42. The summed E-state index contributed by atoms with van der Waals surface area (Å²) in [6.07, 6.45) is 0. The summed E-state index contributed by atoms with van der Waals surface area (Å²) in [6.45, 7) is 12.6. The number of rotatable bonds is 5. The molecular formula is C24H27FN4S. The molecule has 1 aromatic heterocycles. The number of hydrogen-bond acceptors (Lipinski definition) is 4. The molecule has 0 aliphatic carbocycles. The van der Waals surface area contributed by atoms with Crippen LogP contribution < -0.4 is 5.73 Å². The smallest absolute Gasteiger partial charge is 0.135 e. The topological polar surface area (TPSA) is 47.1 Å². The van der Waals surface area contributed by atoms with Crippen LogP contribution in [0.2, 0.25) is 0 Å². The van der Waals surface area contributed by atoms with Crippen LogP contribution in [0.5, 0.6) is 0 Å². The van der Waals surface area contributed by atoms with Crippen molar-refractivity contribution in [1.29, 1.82) is 0 Å². The Morgan fingerprint density at radius 2 is 1.80 bits per heavy atom. The number of hydrogen-bond donors (Lipinski definition) is 1. The van der Waals surface area contributed by atoms with Crippen molar-refractivity contribution >= 4 is 11.8 Å². The summed E-state index contributed by atoms with van der Waals surface area (Å²) in [5, 5.41) is 1.08. The Kier molecular flexibility index (Phi) is 5.47. The predicted octanol–water partition coefficient (Wildman–Crippen LogP) is 5.17. The van der Waals surface area contributed by atoms with Gasteiger partial charge in [-0.15, -0.1) is 0 Å². The fourth-order valence-corrected chi connectivity index (χ4v) is 5.04. The lowest BCUT2D eigenvalue weighted by Gasteiger charge is -2.44. The molecule has 0 spiro atoms. The third-order valence-electron chi connectivity index (χ3n) is 5.66. The average Bonchev–Trinajstić information content (AvgIpc) is 3.09. The molecule has 0 unspecified atom stereocenters. The number of halogens is 1. The standard InChI is InChI=1S/C24H27FN4S/c1-16-5-11-20(12-6-16)30-22-21(18-7-9-19(25)10-8-18)27-23-24(3,4)29(17(2)15-26)14-13-28(22)23/h5-12H,2,13-15,26H2,1,3-4H3. The summed E-state index contributed by atoms with van der Waals surface area (Å²) < 4.78 is 15.9. The van der Waals surface area contributed by atoms with E-state index in [-0.39, 0.29) is 11.4 Å². The Morgan fingerprint density at radius 1 is 1.13 bits per heavy atom. The molecule has 3 aromatic rings. The van der Waals surface area contributed by atoms with Gasteiger partial charge in [0, 0.05) is 35.8 Å². The van der Waals surface area contributed by atoms with Crippen molar-refractivity contribution in [2.24, 2.45) is 5.73 Å². The summed E-state index contributed by atoms with van der Waals surface area (Å²) in [4.78, 5) is 8.47. The minimum Gasteiger partial charge on any atom is -0.360 e. The van der Waals surface area contributed by atoms with Crippen LogP contribution in [-0.2, 0) is 12.1 Å². The number of aryl methyl sites for hydroxylation is 1. The van der Waals surface area contributed by atoms with E-state index in [0.717, 1.165) is 45.8 Å². The zero-order valence-electron chi connectivity index (χ0n) is 17.7. The third-order valence-corrected chi connectivity index (χ3v) is 6.78. The van der Waals surface area contributed by atoms with Crippen LogP contribution in [-0.4, -0.2) is 27.5 Å². The van der Waals surface area contributed by atoms with Crippen molar-refractivity contribution in [3.8, 4) is 11.3 Å². The number of nitrogens with zero attached hydrogens (tertiary/aromatic N) is 3. The monoisotopic (exact) mass is 422 g/mol. The lowest BCUT2D eigenvalue weighted by Crippen LogP contribution is -2.49. The first-order valence-electron chi connectivity index (χ1n) is 10.1. The molecule has 0 fully saturated rings. The molecule has 0 amide bonds. The Labute approximate surface area is 181 Å². The molecule has 1 aliphatic rings. The largest absolute Gasteiger partial charge is 0.360 e. The van der Waals surface area contributed by atoms with Crippen LogP contribution in [0.25, 0.3) is 11.3 Å². The van der Waals surface area contributed by atoms with Crippen molar-refractivity contribution < 1.29 is 4.39 Å². The SMILES string of the molecule is C=C(CN)N1CCn2c(nc(-c3ccc(F)cc3)c2Sc2ccc(C)cc2)C1(C)C. The van der Waals surface area contributed by atoms with E-state index >= 15 is 0 Å². The zero-order valence-corrected chi connectivity index (χ0v) is 18.5. The van der Waals surface area contributed by atoms with Crippen LogP contribution in [0, 0.1) is 12.7 Å².